The van der Waals surface area contributed by atoms with Gasteiger partial charge in [0, 0.05) is 19.0 Å². The number of ketones is 1. The molecule has 0 heterocycles. The van der Waals surface area contributed by atoms with Gasteiger partial charge in [-0.2, -0.15) is 0 Å². The number of nitrogens with two attached hydrogens (primary N) is 2. The Kier molecular flexibility index (Phi) is 4.26. The molecule has 1 atom stereocenters. The van der Waals surface area contributed by atoms with Gasteiger partial charge >= 0.3 is 0 Å². The van der Waals surface area contributed by atoms with E-state index in [4.69, 9.17) is 11.5 Å². The van der Waals surface area contributed by atoms with Crippen LogP contribution in [0.3, 0.4) is 0 Å². The molecule has 0 saturated carbocycles. The SMILES string of the molecule is CC(=O)CCC(N)CN. The Morgan fingerprint density at radius 2 is 2.22 bits per heavy atom. The Morgan fingerprint density at radius 3 is 2.56 bits per heavy atom. The highest BCUT2D eigenvalue weighted by atomic mass is 16.1. The molecule has 0 fully saturated rings. The first-order chi connectivity index (χ1) is 4.16. The summed E-state index contributed by atoms with van der Waals surface area (Å²) in [6.07, 6.45) is 1.27. The highest BCUT2D eigenvalue weighted by molar-refractivity contribution is 5.75. The normalized spacial score (nSPS) is 13.2. The zero-order valence-corrected chi connectivity index (χ0v) is 5.76. The fourth-order valence-electron chi connectivity index (χ4n) is 0.507. The molecule has 0 radical (unpaired) electrons. The van der Waals surface area contributed by atoms with E-state index in [1.165, 1.54) is 0 Å². The van der Waals surface area contributed by atoms with Crippen LogP contribution in [0.25, 0.3) is 0 Å². The van der Waals surface area contributed by atoms with Crippen molar-refractivity contribution in [3.8, 4) is 0 Å². The van der Waals surface area contributed by atoms with Gasteiger partial charge in [-0.1, -0.05) is 0 Å². The van der Waals surface area contributed by atoms with Crippen LogP contribution in [0.15, 0.2) is 0 Å². The summed E-state index contributed by atoms with van der Waals surface area (Å²) in [7, 11) is 0. The van der Waals surface area contributed by atoms with Gasteiger partial charge < -0.3 is 16.3 Å². The number of Topliss-reactive ketones (excluding diaryl/α,β-unsaturated/α-hetero) is 1. The maximum absolute atomic E-state index is 10.4. The first kappa shape index (κ1) is 8.59. The largest absolute Gasteiger partial charge is 0.329 e. The lowest BCUT2D eigenvalue weighted by atomic mass is 10.1. The molecule has 1 unspecified atom stereocenters. The van der Waals surface area contributed by atoms with E-state index in [0.29, 0.717) is 19.4 Å². The van der Waals surface area contributed by atoms with Crippen molar-refractivity contribution in [2.24, 2.45) is 11.5 Å². The zero-order valence-electron chi connectivity index (χ0n) is 5.76. The second kappa shape index (κ2) is 4.47. The van der Waals surface area contributed by atoms with Gasteiger partial charge in [-0.3, -0.25) is 0 Å². The predicted molar refractivity (Wildman–Crippen MR) is 36.9 cm³/mol. The summed E-state index contributed by atoms with van der Waals surface area (Å²) in [5.74, 6) is 0.180. The molecule has 0 aromatic carbocycles. The average molecular weight is 130 g/mol. The summed E-state index contributed by atoms with van der Waals surface area (Å²) in [6.45, 7) is 2.02. The summed E-state index contributed by atoms with van der Waals surface area (Å²) >= 11 is 0. The molecule has 0 aromatic rings. The van der Waals surface area contributed by atoms with Crippen molar-refractivity contribution in [3.63, 3.8) is 0 Å². The van der Waals surface area contributed by atoms with Crippen molar-refractivity contribution < 1.29 is 4.79 Å². The Morgan fingerprint density at radius 1 is 1.67 bits per heavy atom. The average Bonchev–Trinajstić information content (AvgIpc) is 1.83. The Balaban J connectivity index is 3.16. The quantitative estimate of drug-likeness (QED) is 0.546. The van der Waals surface area contributed by atoms with E-state index in [1.54, 1.807) is 6.92 Å². The molecule has 0 spiro atoms. The summed E-state index contributed by atoms with van der Waals surface area (Å²) in [4.78, 5) is 10.4. The maximum atomic E-state index is 10.4. The van der Waals surface area contributed by atoms with Crippen LogP contribution in [0.1, 0.15) is 19.8 Å². The van der Waals surface area contributed by atoms with E-state index >= 15 is 0 Å². The number of carbonyl (C=O) groups is 1. The summed E-state index contributed by atoms with van der Waals surface area (Å²) in [5.41, 5.74) is 10.7. The topological polar surface area (TPSA) is 69.1 Å². The highest BCUT2D eigenvalue weighted by Gasteiger charge is 1.99. The third kappa shape index (κ3) is 5.46. The third-order valence-electron chi connectivity index (χ3n) is 1.17. The van der Waals surface area contributed by atoms with Crippen molar-refractivity contribution in [1.29, 1.82) is 0 Å². The minimum absolute atomic E-state index is 0.00565. The molecular weight excluding hydrogens is 116 g/mol. The van der Waals surface area contributed by atoms with Crippen molar-refractivity contribution in [1.82, 2.24) is 0 Å². The second-order valence-electron chi connectivity index (χ2n) is 2.24. The molecule has 9 heavy (non-hydrogen) atoms. The number of hydrogen-bond donors (Lipinski definition) is 2. The van der Waals surface area contributed by atoms with Crippen LogP contribution in [0.5, 0.6) is 0 Å². The standard InChI is InChI=1S/C6H14N2O/c1-5(9)2-3-6(8)4-7/h6H,2-4,7-8H2,1H3. The smallest absolute Gasteiger partial charge is 0.129 e. The Hall–Kier alpha value is -0.410. The lowest BCUT2D eigenvalue weighted by molar-refractivity contribution is -0.117. The van der Waals surface area contributed by atoms with Gasteiger partial charge in [-0.25, -0.2) is 0 Å². The number of hydrogen-bond acceptors (Lipinski definition) is 3. The van der Waals surface area contributed by atoms with E-state index in [1.807, 2.05) is 0 Å². The molecule has 0 amide bonds. The van der Waals surface area contributed by atoms with Crippen LogP contribution < -0.4 is 11.5 Å². The molecule has 4 N–H and O–H groups in total. The lowest BCUT2D eigenvalue weighted by Gasteiger charge is -2.04. The molecular formula is C6H14N2O. The van der Waals surface area contributed by atoms with E-state index in [0.717, 1.165) is 0 Å². The zero-order chi connectivity index (χ0) is 7.28. The van der Waals surface area contributed by atoms with Crippen LogP contribution >= 0.6 is 0 Å². The van der Waals surface area contributed by atoms with E-state index < -0.39 is 0 Å². The summed E-state index contributed by atoms with van der Waals surface area (Å²) in [5, 5.41) is 0. The number of carbonyl (C=O) groups excluding carboxylic acids is 1. The van der Waals surface area contributed by atoms with Crippen molar-refractivity contribution in [2.45, 2.75) is 25.8 Å². The molecule has 3 nitrogen and oxygen atoms in total. The molecule has 0 saturated heterocycles. The molecule has 54 valence electrons. The van der Waals surface area contributed by atoms with Crippen molar-refractivity contribution in [2.75, 3.05) is 6.54 Å². The van der Waals surface area contributed by atoms with Gasteiger partial charge in [0.25, 0.3) is 0 Å². The first-order valence-electron chi connectivity index (χ1n) is 3.12. The van der Waals surface area contributed by atoms with Gasteiger partial charge in [0.15, 0.2) is 0 Å². The minimum atomic E-state index is -0.00565. The molecule has 0 aliphatic carbocycles. The summed E-state index contributed by atoms with van der Waals surface area (Å²) < 4.78 is 0. The second-order valence-corrected chi connectivity index (χ2v) is 2.24. The predicted octanol–water partition coefficient (Wildman–Crippen LogP) is -0.358. The molecule has 0 aliphatic rings. The minimum Gasteiger partial charge on any atom is -0.329 e. The van der Waals surface area contributed by atoms with Crippen LogP contribution in [0.2, 0.25) is 0 Å². The molecule has 0 aliphatic heterocycles. The number of rotatable bonds is 4. The van der Waals surface area contributed by atoms with Crippen molar-refractivity contribution in [3.05, 3.63) is 0 Å². The first-order valence-corrected chi connectivity index (χ1v) is 3.12. The van der Waals surface area contributed by atoms with Crippen LogP contribution in [-0.4, -0.2) is 18.4 Å². The molecule has 0 aromatic heterocycles. The fraction of sp³-hybridized carbons (Fsp3) is 0.833. The molecule has 0 bridgehead atoms. The third-order valence-corrected chi connectivity index (χ3v) is 1.17. The fourth-order valence-corrected chi connectivity index (χ4v) is 0.507. The van der Waals surface area contributed by atoms with Gasteiger partial charge in [-0.15, -0.1) is 0 Å². The summed E-state index contributed by atoms with van der Waals surface area (Å²) in [6, 6.07) is -0.00565. The lowest BCUT2D eigenvalue weighted by Crippen LogP contribution is -2.29. The highest BCUT2D eigenvalue weighted by Crippen LogP contribution is 1.92. The molecule has 0 rings (SSSR count). The van der Waals surface area contributed by atoms with E-state index in [-0.39, 0.29) is 11.8 Å². The monoisotopic (exact) mass is 130 g/mol. The Labute approximate surface area is 55.4 Å². The van der Waals surface area contributed by atoms with E-state index in [9.17, 15) is 4.79 Å². The van der Waals surface area contributed by atoms with Gasteiger partial charge in [0.1, 0.15) is 5.78 Å². The Bertz CT molecular complexity index is 93.1. The van der Waals surface area contributed by atoms with Crippen LogP contribution in [-0.2, 0) is 4.79 Å². The van der Waals surface area contributed by atoms with Crippen LogP contribution in [0.4, 0.5) is 0 Å². The van der Waals surface area contributed by atoms with Crippen LogP contribution in [0, 0.1) is 0 Å². The van der Waals surface area contributed by atoms with Gasteiger partial charge in [0.2, 0.25) is 0 Å². The van der Waals surface area contributed by atoms with E-state index in [2.05, 4.69) is 0 Å². The molecule has 3 heteroatoms. The van der Waals surface area contributed by atoms with Crippen molar-refractivity contribution >= 4 is 5.78 Å². The van der Waals surface area contributed by atoms with Gasteiger partial charge in [-0.05, 0) is 13.3 Å². The maximum Gasteiger partial charge on any atom is 0.129 e. The van der Waals surface area contributed by atoms with Gasteiger partial charge in [0.05, 0.1) is 0 Å².